The van der Waals surface area contributed by atoms with Crippen LogP contribution in [-0.2, 0) is 13.0 Å². The van der Waals surface area contributed by atoms with Gasteiger partial charge >= 0.3 is 0 Å². The average molecular weight is 644 g/mol. The van der Waals surface area contributed by atoms with E-state index in [1.165, 1.54) is 82.5 Å². The van der Waals surface area contributed by atoms with E-state index < -0.39 is 0 Å². The van der Waals surface area contributed by atoms with E-state index in [9.17, 15) is 0 Å². The minimum atomic E-state index is 0.387. The third-order valence-electron chi connectivity index (χ3n) is 12.0. The second-order valence-electron chi connectivity index (χ2n) is 14.4. The van der Waals surface area contributed by atoms with Crippen molar-refractivity contribution >= 4 is 60.0 Å². The smallest absolute Gasteiger partial charge is 0.213 e. The fourth-order valence-corrected chi connectivity index (χ4v) is 9.91. The van der Waals surface area contributed by atoms with Crippen molar-refractivity contribution in [2.45, 2.75) is 37.8 Å². The van der Waals surface area contributed by atoms with Gasteiger partial charge in [-0.1, -0.05) is 54.6 Å². The van der Waals surface area contributed by atoms with E-state index in [0.717, 1.165) is 37.0 Å². The molecule has 0 saturated carbocycles. The number of benzene rings is 5. The number of nitrogens with zero attached hydrogens (tertiary/aromatic N) is 3. The van der Waals surface area contributed by atoms with E-state index in [1.54, 1.807) is 0 Å². The Kier molecular flexibility index (Phi) is 5.27. The number of rotatable bonds is 0. The minimum Gasteiger partial charge on any atom is -0.456 e. The molecule has 0 radical (unpaired) electrons. The molecular formula is C46H33N3O+2. The number of aromatic nitrogens is 3. The average Bonchev–Trinajstić information content (AvgIpc) is 3.82. The number of hydrogen-bond acceptors (Lipinski definition) is 1. The molecule has 0 spiro atoms. The molecular weight excluding hydrogens is 611 g/mol. The van der Waals surface area contributed by atoms with Gasteiger partial charge in [0.2, 0.25) is 11.4 Å². The van der Waals surface area contributed by atoms with Crippen LogP contribution in [0.15, 0.2) is 144 Å². The number of hydrogen-bond donors (Lipinski definition) is 0. The van der Waals surface area contributed by atoms with Crippen LogP contribution < -0.4 is 9.13 Å². The van der Waals surface area contributed by atoms with Gasteiger partial charge in [0.05, 0.1) is 33.9 Å². The Hall–Kier alpha value is -6.00. The fourth-order valence-electron chi connectivity index (χ4n) is 9.91. The van der Waals surface area contributed by atoms with Gasteiger partial charge in [-0.25, -0.2) is 0 Å². The molecule has 4 heteroatoms. The third-order valence-corrected chi connectivity index (χ3v) is 12.0. The SMILES string of the molecule is c1ccc2c(c1)-c1cccc[n+]1C1CC[n+]3ccccc3-c3cc4c5cccc6c7ccc8oc9ccccc9c8c7n(c4cc3CCC21)c56. The zero-order valence-electron chi connectivity index (χ0n) is 27.5. The Labute approximate surface area is 288 Å². The Bertz CT molecular complexity index is 3020. The number of pyridine rings is 2. The lowest BCUT2D eigenvalue weighted by molar-refractivity contribution is -0.738. The molecule has 0 amide bonds. The van der Waals surface area contributed by atoms with E-state index >= 15 is 0 Å². The second kappa shape index (κ2) is 9.79. The Balaban J connectivity index is 1.15. The molecule has 2 atom stereocenters. The number of fused-ring (bicyclic) bond motifs is 19. The lowest BCUT2D eigenvalue weighted by Gasteiger charge is -2.31. The van der Waals surface area contributed by atoms with Crippen molar-refractivity contribution in [2.75, 3.05) is 0 Å². The zero-order valence-corrected chi connectivity index (χ0v) is 27.5. The molecule has 0 saturated heterocycles. The Morgan fingerprint density at radius 2 is 1.36 bits per heavy atom. The van der Waals surface area contributed by atoms with Crippen LogP contribution in [0.2, 0.25) is 0 Å². The van der Waals surface area contributed by atoms with Gasteiger partial charge in [-0.2, -0.15) is 9.13 Å². The molecule has 0 fully saturated rings. The van der Waals surface area contributed by atoms with Gasteiger partial charge < -0.3 is 8.82 Å². The van der Waals surface area contributed by atoms with Gasteiger partial charge in [0.25, 0.3) is 0 Å². The third kappa shape index (κ3) is 3.45. The number of furan rings is 1. The van der Waals surface area contributed by atoms with Crippen molar-refractivity contribution < 1.29 is 13.6 Å². The summed E-state index contributed by atoms with van der Waals surface area (Å²) in [5.41, 5.74) is 14.0. The maximum atomic E-state index is 6.43. The van der Waals surface area contributed by atoms with Crippen molar-refractivity contribution in [3.8, 4) is 22.5 Å². The van der Waals surface area contributed by atoms with Crippen molar-refractivity contribution in [3.05, 3.63) is 151 Å². The van der Waals surface area contributed by atoms with Crippen LogP contribution in [0, 0.1) is 0 Å². The second-order valence-corrected chi connectivity index (χ2v) is 14.4. The summed E-state index contributed by atoms with van der Waals surface area (Å²) in [7, 11) is 0. The monoisotopic (exact) mass is 643 g/mol. The molecule has 2 aliphatic heterocycles. The predicted octanol–water partition coefficient (Wildman–Crippen LogP) is 10.3. The molecule has 0 aliphatic carbocycles. The molecule has 4 nitrogen and oxygen atoms in total. The van der Waals surface area contributed by atoms with Gasteiger partial charge in [0.15, 0.2) is 25.0 Å². The summed E-state index contributed by atoms with van der Waals surface area (Å²) in [6.45, 7) is 0.961. The van der Waals surface area contributed by atoms with Gasteiger partial charge in [-0.3, -0.25) is 0 Å². The molecule has 50 heavy (non-hydrogen) atoms. The lowest BCUT2D eigenvalue weighted by atomic mass is 9.78. The molecule has 12 rings (SSSR count). The zero-order chi connectivity index (χ0) is 32.5. The molecule has 2 unspecified atom stereocenters. The summed E-state index contributed by atoms with van der Waals surface area (Å²) in [5, 5.41) is 7.58. The highest BCUT2D eigenvalue weighted by atomic mass is 16.3. The predicted molar refractivity (Wildman–Crippen MR) is 201 cm³/mol. The van der Waals surface area contributed by atoms with Crippen LogP contribution >= 0.6 is 0 Å². The maximum absolute atomic E-state index is 6.43. The Morgan fingerprint density at radius 3 is 2.32 bits per heavy atom. The molecule has 7 heterocycles. The summed E-state index contributed by atoms with van der Waals surface area (Å²) in [6, 6.07) is 47.7. The van der Waals surface area contributed by atoms with E-state index in [1.807, 2.05) is 0 Å². The molecule has 5 aromatic heterocycles. The summed E-state index contributed by atoms with van der Waals surface area (Å²) in [5.74, 6) is 0.422. The van der Waals surface area contributed by atoms with Crippen LogP contribution in [0.25, 0.3) is 82.5 Å². The van der Waals surface area contributed by atoms with Crippen molar-refractivity contribution in [1.82, 2.24) is 4.40 Å². The van der Waals surface area contributed by atoms with E-state index in [4.69, 9.17) is 4.42 Å². The first-order valence-electron chi connectivity index (χ1n) is 18.0. The largest absolute Gasteiger partial charge is 0.456 e. The topological polar surface area (TPSA) is 25.3 Å². The first kappa shape index (κ1) is 26.9. The highest BCUT2D eigenvalue weighted by molar-refractivity contribution is 6.30. The van der Waals surface area contributed by atoms with Crippen LogP contribution in [0.5, 0.6) is 0 Å². The van der Waals surface area contributed by atoms with Crippen molar-refractivity contribution in [2.24, 2.45) is 0 Å². The van der Waals surface area contributed by atoms with Crippen LogP contribution in [0.1, 0.15) is 35.9 Å². The van der Waals surface area contributed by atoms with Crippen LogP contribution in [0.3, 0.4) is 0 Å². The fraction of sp³-hybridized carbons (Fsp3) is 0.130. The van der Waals surface area contributed by atoms with E-state index in [0.29, 0.717) is 12.0 Å². The summed E-state index contributed by atoms with van der Waals surface area (Å²) >= 11 is 0. The first-order valence-corrected chi connectivity index (χ1v) is 18.0. The van der Waals surface area contributed by atoms with Gasteiger partial charge in [0.1, 0.15) is 11.2 Å². The molecule has 2 aliphatic rings. The molecule has 0 bridgehead atoms. The van der Waals surface area contributed by atoms with Crippen LogP contribution in [0.4, 0.5) is 0 Å². The first-order chi connectivity index (χ1) is 24.8. The number of para-hydroxylation sites is 2. The summed E-state index contributed by atoms with van der Waals surface area (Å²) in [4.78, 5) is 0. The summed E-state index contributed by atoms with van der Waals surface area (Å²) in [6.07, 6.45) is 7.76. The normalized spacial score (nSPS) is 17.3. The maximum Gasteiger partial charge on any atom is 0.213 e. The van der Waals surface area contributed by atoms with E-state index in [-0.39, 0.29) is 0 Å². The minimum absolute atomic E-state index is 0.387. The molecule has 5 aromatic carbocycles. The highest BCUT2D eigenvalue weighted by Gasteiger charge is 2.41. The van der Waals surface area contributed by atoms with Gasteiger partial charge in [0, 0.05) is 62.7 Å². The van der Waals surface area contributed by atoms with Crippen molar-refractivity contribution in [1.29, 1.82) is 0 Å². The van der Waals surface area contributed by atoms with Gasteiger partial charge in [-0.15, -0.1) is 0 Å². The standard InChI is InChI=1S/C46H33N3O/c1-2-11-30-29(10-1)31-19-18-28-26-41-37(27-36(28)38-15-5-7-23-47(38)25-22-40(31)48-24-8-6-16-39(30)48)33-14-9-13-32-34-20-21-43-44(46(34)49(41)45(32)33)35-12-3-4-17-42(35)50-43/h1-17,20-21,23-24,26-27,31,40H,18-19,22,25H2/q+2. The highest BCUT2D eigenvalue weighted by Crippen LogP contribution is 2.47. The quantitative estimate of drug-likeness (QED) is 0.151. The number of aryl methyl sites for hydroxylation is 2. The van der Waals surface area contributed by atoms with E-state index in [2.05, 4.69) is 153 Å². The summed E-state index contributed by atoms with van der Waals surface area (Å²) < 4.78 is 14.1. The Morgan fingerprint density at radius 1 is 0.580 bits per heavy atom. The van der Waals surface area contributed by atoms with Gasteiger partial charge in [-0.05, 0) is 72.5 Å². The molecule has 0 N–H and O–H groups in total. The molecule has 236 valence electrons. The lowest BCUT2D eigenvalue weighted by Crippen LogP contribution is -2.50. The van der Waals surface area contributed by atoms with Crippen LogP contribution in [-0.4, -0.2) is 4.40 Å². The van der Waals surface area contributed by atoms with Crippen molar-refractivity contribution in [3.63, 3.8) is 0 Å². The molecule has 10 aromatic rings.